The van der Waals surface area contributed by atoms with Gasteiger partial charge in [0.2, 0.25) is 0 Å². The van der Waals surface area contributed by atoms with Crippen LogP contribution >= 0.6 is 11.6 Å². The monoisotopic (exact) mass is 261 g/mol. The summed E-state index contributed by atoms with van der Waals surface area (Å²) >= 11 is 5.36. The molecular formula is C6H5ClKNO4S. The van der Waals surface area contributed by atoms with Crippen molar-refractivity contribution in [3.8, 4) is 5.75 Å². The van der Waals surface area contributed by atoms with Crippen molar-refractivity contribution in [2.75, 3.05) is 5.73 Å². The van der Waals surface area contributed by atoms with Gasteiger partial charge in [0, 0.05) is 10.7 Å². The summed E-state index contributed by atoms with van der Waals surface area (Å²) in [6, 6.07) is 1.69. The number of halogens is 1. The molecule has 0 aromatic heterocycles. The van der Waals surface area contributed by atoms with E-state index in [0.717, 1.165) is 12.1 Å². The zero-order valence-electron chi connectivity index (χ0n) is 7.19. The largest absolute Gasteiger partial charge is 1.00 e. The number of benzene rings is 1. The Bertz CT molecular complexity index is 424. The van der Waals surface area contributed by atoms with Crippen molar-refractivity contribution in [2.24, 2.45) is 0 Å². The summed E-state index contributed by atoms with van der Waals surface area (Å²) in [5, 5.41) is 10.6. The summed E-state index contributed by atoms with van der Waals surface area (Å²) in [4.78, 5) is -0.491. The maximum absolute atomic E-state index is 10.9. The smallest absolute Gasteiger partial charge is 0.870 e. The molecule has 0 aliphatic heterocycles. The van der Waals surface area contributed by atoms with Gasteiger partial charge in [-0.2, -0.15) is 8.42 Å². The Balaban J connectivity index is 0.00000169. The fourth-order valence-electron chi connectivity index (χ4n) is 0.738. The average Bonchev–Trinajstić information content (AvgIpc) is 1.97. The van der Waals surface area contributed by atoms with E-state index in [1.54, 1.807) is 0 Å². The molecule has 8 heteroatoms. The first-order valence-electron chi connectivity index (χ1n) is 3.06. The quantitative estimate of drug-likeness (QED) is 0.324. The first-order chi connectivity index (χ1) is 5.82. The van der Waals surface area contributed by atoms with Crippen LogP contribution in [0.4, 0.5) is 5.69 Å². The molecule has 1 rings (SSSR count). The van der Waals surface area contributed by atoms with Gasteiger partial charge in [-0.15, -0.1) is 0 Å². The van der Waals surface area contributed by atoms with Gasteiger partial charge < -0.3 is 10.8 Å². The van der Waals surface area contributed by atoms with Gasteiger partial charge >= 0.3 is 51.4 Å². The van der Waals surface area contributed by atoms with Crippen molar-refractivity contribution in [1.29, 1.82) is 0 Å². The van der Waals surface area contributed by atoms with E-state index in [0.29, 0.717) is 0 Å². The summed E-state index contributed by atoms with van der Waals surface area (Å²) in [6.45, 7) is 0. The van der Waals surface area contributed by atoms with Crippen LogP contribution in [0.25, 0.3) is 0 Å². The molecule has 1 aromatic carbocycles. The molecule has 0 heterocycles. The van der Waals surface area contributed by atoms with E-state index in [9.17, 15) is 13.5 Å². The third-order valence-corrected chi connectivity index (χ3v) is 2.46. The van der Waals surface area contributed by atoms with Crippen LogP contribution in [-0.4, -0.2) is 13.0 Å². The zero-order valence-corrected chi connectivity index (χ0v) is 11.9. The summed E-state index contributed by atoms with van der Waals surface area (Å²) in [6.07, 6.45) is 0. The standard InChI is InChI=1S/C6H6ClNO4S.K/c7-4-1-3(13(10,11)12)2-5(8)6(4)9;/h1-2,9H,8H2,(H,10,11,12);/q;+1/p-1. The van der Waals surface area contributed by atoms with Crippen molar-refractivity contribution in [2.45, 2.75) is 4.90 Å². The van der Waals surface area contributed by atoms with Crippen LogP contribution in [-0.2, 0) is 10.1 Å². The Morgan fingerprint density at radius 3 is 2.29 bits per heavy atom. The molecule has 0 aliphatic carbocycles. The number of anilines is 1. The third kappa shape index (κ3) is 3.35. The first-order valence-corrected chi connectivity index (χ1v) is 4.87. The van der Waals surface area contributed by atoms with Gasteiger partial charge in [0.25, 0.3) is 10.1 Å². The fraction of sp³-hybridized carbons (Fsp3) is 0. The molecule has 0 aliphatic rings. The van der Waals surface area contributed by atoms with E-state index in [2.05, 4.69) is 0 Å². The van der Waals surface area contributed by atoms with Crippen LogP contribution in [0.2, 0.25) is 5.02 Å². The third-order valence-electron chi connectivity index (χ3n) is 1.34. The zero-order chi connectivity index (χ0) is 10.2. The molecule has 0 atom stereocenters. The molecule has 0 amide bonds. The second kappa shape index (κ2) is 5.13. The van der Waals surface area contributed by atoms with E-state index in [4.69, 9.17) is 21.9 Å². The van der Waals surface area contributed by atoms with Gasteiger partial charge in [-0.05, 0) is 12.1 Å². The molecule has 0 bridgehead atoms. The minimum Gasteiger partial charge on any atom is -0.870 e. The van der Waals surface area contributed by atoms with E-state index in [-0.39, 0.29) is 62.1 Å². The SMILES string of the molecule is Nc1cc(S(=O)(=O)O)cc(Cl)c1[O-].[K+]. The Kier molecular flexibility index (Phi) is 5.37. The van der Waals surface area contributed by atoms with Gasteiger partial charge in [-0.3, -0.25) is 4.55 Å². The van der Waals surface area contributed by atoms with Gasteiger partial charge in [0.1, 0.15) is 0 Å². The van der Waals surface area contributed by atoms with Gasteiger partial charge in [0.15, 0.2) is 0 Å². The molecule has 0 saturated heterocycles. The summed E-state index contributed by atoms with van der Waals surface area (Å²) in [7, 11) is -4.37. The molecule has 0 radical (unpaired) electrons. The van der Waals surface area contributed by atoms with E-state index >= 15 is 0 Å². The van der Waals surface area contributed by atoms with Crippen LogP contribution in [0.5, 0.6) is 5.75 Å². The molecule has 1 aromatic rings. The summed E-state index contributed by atoms with van der Waals surface area (Å²) < 4.78 is 29.8. The van der Waals surface area contributed by atoms with Gasteiger partial charge in [-0.1, -0.05) is 17.4 Å². The Labute approximate surface area is 128 Å². The summed E-state index contributed by atoms with van der Waals surface area (Å²) in [5.41, 5.74) is 4.83. The van der Waals surface area contributed by atoms with Crippen molar-refractivity contribution in [3.63, 3.8) is 0 Å². The van der Waals surface area contributed by atoms with Crippen LogP contribution in [0.3, 0.4) is 0 Å². The van der Waals surface area contributed by atoms with Gasteiger partial charge in [-0.25, -0.2) is 0 Å². The van der Waals surface area contributed by atoms with Crippen LogP contribution < -0.4 is 62.2 Å². The van der Waals surface area contributed by atoms with E-state index in [1.165, 1.54) is 0 Å². The second-order valence-corrected chi connectivity index (χ2v) is 4.13. The Morgan fingerprint density at radius 2 is 1.93 bits per heavy atom. The molecular weight excluding hydrogens is 257 g/mol. The van der Waals surface area contributed by atoms with Crippen LogP contribution in [0.15, 0.2) is 17.0 Å². The number of rotatable bonds is 1. The molecule has 3 N–H and O–H groups in total. The van der Waals surface area contributed by atoms with E-state index in [1.807, 2.05) is 0 Å². The molecule has 0 fully saturated rings. The number of nitrogen functional groups attached to an aromatic ring is 1. The van der Waals surface area contributed by atoms with Crippen LogP contribution in [0, 0.1) is 0 Å². The van der Waals surface area contributed by atoms with Crippen molar-refractivity contribution in [1.82, 2.24) is 0 Å². The number of hydrogen-bond acceptors (Lipinski definition) is 4. The van der Waals surface area contributed by atoms with Crippen LogP contribution in [0.1, 0.15) is 0 Å². The predicted molar refractivity (Wildman–Crippen MR) is 45.1 cm³/mol. The van der Waals surface area contributed by atoms with Crippen molar-refractivity contribution in [3.05, 3.63) is 17.2 Å². The predicted octanol–water partition coefficient (Wildman–Crippen LogP) is -2.75. The molecule has 0 spiro atoms. The maximum atomic E-state index is 10.9. The molecule has 0 saturated carbocycles. The minimum absolute atomic E-state index is 0. The second-order valence-electron chi connectivity index (χ2n) is 2.30. The van der Waals surface area contributed by atoms with Crippen molar-refractivity contribution < 1.29 is 69.5 Å². The molecule has 5 nitrogen and oxygen atoms in total. The average molecular weight is 262 g/mol. The molecule has 0 unspecified atom stereocenters. The Hall–Kier alpha value is 0.656. The van der Waals surface area contributed by atoms with Gasteiger partial charge in [0.05, 0.1) is 4.90 Å². The topological polar surface area (TPSA) is 103 Å². The normalized spacial score (nSPS) is 10.7. The maximum Gasteiger partial charge on any atom is 1.00 e. The van der Waals surface area contributed by atoms with E-state index < -0.39 is 20.8 Å². The molecule has 14 heavy (non-hydrogen) atoms. The molecule has 72 valence electrons. The minimum atomic E-state index is -4.37. The van der Waals surface area contributed by atoms with Crippen molar-refractivity contribution >= 4 is 27.4 Å². The summed E-state index contributed by atoms with van der Waals surface area (Å²) in [5.74, 6) is -0.658. The number of nitrogens with two attached hydrogens (primary N) is 1. The number of hydrogen-bond donors (Lipinski definition) is 2. The first kappa shape index (κ1) is 14.7. The Morgan fingerprint density at radius 1 is 1.43 bits per heavy atom. The fourth-order valence-corrected chi connectivity index (χ4v) is 1.57.